The Hall–Kier alpha value is -6.08. The minimum Gasteiger partial charge on any atom is -0.404 e. The quantitative estimate of drug-likeness (QED) is 0.199. The van der Waals surface area contributed by atoms with Crippen LogP contribution in [0.15, 0.2) is 48.9 Å². The summed E-state index contributed by atoms with van der Waals surface area (Å²) in [7, 11) is 0. The molecule has 16 nitrogen and oxygen atoms in total. The van der Waals surface area contributed by atoms with Gasteiger partial charge in [-0.05, 0) is 73.9 Å². The van der Waals surface area contributed by atoms with Crippen molar-refractivity contribution in [2.45, 2.75) is 88.5 Å². The van der Waals surface area contributed by atoms with Crippen LogP contribution in [0.4, 0.5) is 30.2 Å². The molecule has 7 heterocycles. The van der Waals surface area contributed by atoms with Crippen LogP contribution in [0.5, 0.6) is 0 Å². The van der Waals surface area contributed by atoms with E-state index >= 15 is 4.39 Å². The summed E-state index contributed by atoms with van der Waals surface area (Å²) in [5.41, 5.74) is 9.65. The van der Waals surface area contributed by atoms with Gasteiger partial charge >= 0.3 is 0 Å². The molecular formula is C47H54F3N11O5. The van der Waals surface area contributed by atoms with Crippen LogP contribution >= 0.6 is 0 Å². The van der Waals surface area contributed by atoms with E-state index in [0.29, 0.717) is 79.9 Å². The fourth-order valence-corrected chi connectivity index (χ4v) is 11.1. The van der Waals surface area contributed by atoms with E-state index in [4.69, 9.17) is 5.73 Å². The summed E-state index contributed by atoms with van der Waals surface area (Å²) in [5, 5.41) is 5.33. The Balaban J connectivity index is 0.754. The highest BCUT2D eigenvalue weighted by molar-refractivity contribution is 6.25. The van der Waals surface area contributed by atoms with Gasteiger partial charge in [0, 0.05) is 132 Å². The van der Waals surface area contributed by atoms with Gasteiger partial charge in [0.25, 0.3) is 23.6 Å². The van der Waals surface area contributed by atoms with Crippen molar-refractivity contribution in [2.24, 2.45) is 11.7 Å². The number of likely N-dealkylation sites (tertiary alicyclic amines) is 1. The first-order chi connectivity index (χ1) is 31.8. The molecule has 6 aliphatic heterocycles. The zero-order chi connectivity index (χ0) is 45.9. The van der Waals surface area contributed by atoms with E-state index in [1.165, 1.54) is 23.5 Å². The summed E-state index contributed by atoms with van der Waals surface area (Å²) >= 11 is 0. The van der Waals surface area contributed by atoms with Crippen LogP contribution in [0.25, 0.3) is 5.57 Å². The Kier molecular flexibility index (Phi) is 11.7. The van der Waals surface area contributed by atoms with Crippen molar-refractivity contribution in [1.29, 1.82) is 0 Å². The molecule has 0 bridgehead atoms. The van der Waals surface area contributed by atoms with E-state index in [-0.39, 0.29) is 73.1 Å². The zero-order valence-electron chi connectivity index (χ0n) is 36.7. The second-order valence-corrected chi connectivity index (χ2v) is 18.8. The van der Waals surface area contributed by atoms with Gasteiger partial charge in [-0.25, -0.2) is 23.1 Å². The molecule has 5 amide bonds. The molecule has 1 unspecified atom stereocenters. The monoisotopic (exact) mass is 909 g/mol. The minimum absolute atomic E-state index is 0.00592. The van der Waals surface area contributed by atoms with Crippen LogP contribution in [-0.4, -0.2) is 142 Å². The molecule has 348 valence electrons. The lowest BCUT2D eigenvalue weighted by Gasteiger charge is -2.46. The first-order valence-electron chi connectivity index (χ1n) is 23.1. The van der Waals surface area contributed by atoms with Gasteiger partial charge in [0.1, 0.15) is 6.04 Å². The molecular weight excluding hydrogens is 856 g/mol. The summed E-state index contributed by atoms with van der Waals surface area (Å²) in [6.45, 7) is 6.58. The molecule has 7 aliphatic rings. The molecule has 2 aromatic carbocycles. The van der Waals surface area contributed by atoms with Gasteiger partial charge < -0.3 is 35.6 Å². The number of nitrogens with zero attached hydrogens (tertiary/aromatic N) is 8. The Morgan fingerprint density at radius 1 is 0.818 bits per heavy atom. The highest BCUT2D eigenvalue weighted by Crippen LogP contribution is 2.42. The van der Waals surface area contributed by atoms with E-state index < -0.39 is 35.5 Å². The maximum absolute atomic E-state index is 16.1. The summed E-state index contributed by atoms with van der Waals surface area (Å²) < 4.78 is 43.5. The smallest absolute Gasteiger partial charge is 0.261 e. The second kappa shape index (κ2) is 17.6. The standard InChI is InChI=1S/C47H54F3N11O5/c48-41-35-27-61(38-4-5-40(62)55-44(38)64)45(65)32(35)2-3-37(41)58-14-6-28(7-15-58)25-56-12-8-30(9-13-56)60-26-29-20-36(54-43(63)34(24-51)42-52-10-1-11-53-42)39(21-33(29)46(60)66)59-18-16-57(17-19-59)31-22-47(49,50)23-31/h1-3,10-11,20-21,24,28,30-31,38H,4-9,12-19,22-23,25-27,51H2,(H,54,63)(H,55,62,64)/b34-24+. The SMILES string of the molecule is N/C=C(/C(=O)Nc1cc2c(cc1N1CCN(C3CC(F)(F)C3)CC1)C(=O)N(C1CCN(CC3CCN(c4ccc5c(c4F)CN(C4CCC(=O)NC4=O)C5=O)CC3)CC1)C2)c1ncccn1. The topological polar surface area (TPSA) is 181 Å². The third-order valence-corrected chi connectivity index (χ3v) is 14.9. The molecule has 1 atom stereocenters. The first kappa shape index (κ1) is 43.8. The van der Waals surface area contributed by atoms with Crippen molar-refractivity contribution in [3.63, 3.8) is 0 Å². The number of nitrogens with one attached hydrogen (secondary N) is 2. The molecule has 4 saturated heterocycles. The molecule has 0 radical (unpaired) electrons. The van der Waals surface area contributed by atoms with Gasteiger partial charge in [-0.15, -0.1) is 0 Å². The number of carbonyl (C=O) groups is 5. The number of halogens is 3. The Labute approximate surface area is 380 Å². The van der Waals surface area contributed by atoms with Crippen molar-refractivity contribution in [1.82, 2.24) is 34.9 Å². The number of fused-ring (bicyclic) bond motifs is 2. The van der Waals surface area contributed by atoms with Gasteiger partial charge in [-0.3, -0.25) is 34.2 Å². The lowest BCUT2D eigenvalue weighted by atomic mass is 9.86. The molecule has 1 aromatic heterocycles. The molecule has 3 aromatic rings. The van der Waals surface area contributed by atoms with Crippen LogP contribution in [0.2, 0.25) is 0 Å². The summed E-state index contributed by atoms with van der Waals surface area (Å²) in [4.78, 5) is 85.8. The molecule has 4 N–H and O–H groups in total. The van der Waals surface area contributed by atoms with E-state index in [1.54, 1.807) is 18.2 Å². The maximum atomic E-state index is 16.1. The van der Waals surface area contributed by atoms with E-state index in [2.05, 4.69) is 35.3 Å². The summed E-state index contributed by atoms with van der Waals surface area (Å²) in [6.07, 6.45) is 7.71. The third kappa shape index (κ3) is 8.35. The second-order valence-electron chi connectivity index (χ2n) is 18.8. The third-order valence-electron chi connectivity index (χ3n) is 14.9. The number of piperazine rings is 1. The summed E-state index contributed by atoms with van der Waals surface area (Å²) in [5.74, 6) is -4.26. The van der Waals surface area contributed by atoms with Crippen molar-refractivity contribution < 1.29 is 37.1 Å². The number of alkyl halides is 2. The molecule has 1 aliphatic carbocycles. The van der Waals surface area contributed by atoms with Gasteiger partial charge in [0.05, 0.1) is 29.2 Å². The van der Waals surface area contributed by atoms with Crippen LogP contribution < -0.4 is 26.2 Å². The number of amides is 5. The predicted octanol–water partition coefficient (Wildman–Crippen LogP) is 3.57. The average molecular weight is 910 g/mol. The first-order valence-corrected chi connectivity index (χ1v) is 23.1. The molecule has 66 heavy (non-hydrogen) atoms. The highest BCUT2D eigenvalue weighted by atomic mass is 19.3. The van der Waals surface area contributed by atoms with Crippen molar-refractivity contribution in [3.8, 4) is 0 Å². The number of benzene rings is 2. The maximum Gasteiger partial charge on any atom is 0.261 e. The highest BCUT2D eigenvalue weighted by Gasteiger charge is 2.48. The van der Waals surface area contributed by atoms with Gasteiger partial charge in [-0.2, -0.15) is 0 Å². The van der Waals surface area contributed by atoms with E-state index in [9.17, 15) is 32.8 Å². The number of hydrogen-bond acceptors (Lipinski definition) is 12. The Morgan fingerprint density at radius 3 is 2.20 bits per heavy atom. The van der Waals surface area contributed by atoms with Gasteiger partial charge in [0.15, 0.2) is 11.6 Å². The number of aromatic nitrogens is 2. The van der Waals surface area contributed by atoms with Crippen molar-refractivity contribution in [3.05, 3.63) is 82.8 Å². The number of anilines is 3. The van der Waals surface area contributed by atoms with Crippen LogP contribution in [0.3, 0.4) is 0 Å². The fraction of sp³-hybridized carbons (Fsp3) is 0.511. The number of piperidine rings is 3. The number of hydrogen-bond donors (Lipinski definition) is 3. The Morgan fingerprint density at radius 2 is 1.52 bits per heavy atom. The fourth-order valence-electron chi connectivity index (χ4n) is 11.1. The molecule has 10 rings (SSSR count). The molecule has 5 fully saturated rings. The number of carbonyl (C=O) groups excluding carboxylic acids is 5. The van der Waals surface area contributed by atoms with Crippen LogP contribution in [0, 0.1) is 11.7 Å². The minimum atomic E-state index is -2.61. The zero-order valence-corrected chi connectivity index (χ0v) is 36.7. The predicted molar refractivity (Wildman–Crippen MR) is 238 cm³/mol. The number of nitrogens with two attached hydrogens (primary N) is 1. The Bertz CT molecular complexity index is 2460. The van der Waals surface area contributed by atoms with E-state index in [1.807, 2.05) is 21.9 Å². The number of imide groups is 1. The van der Waals surface area contributed by atoms with Gasteiger partial charge in [0.2, 0.25) is 11.8 Å². The van der Waals surface area contributed by atoms with Crippen molar-refractivity contribution in [2.75, 3.05) is 74.0 Å². The van der Waals surface area contributed by atoms with E-state index in [0.717, 1.165) is 50.9 Å². The average Bonchev–Trinajstić information content (AvgIpc) is 3.82. The summed E-state index contributed by atoms with van der Waals surface area (Å²) in [6, 6.07) is 7.81. The van der Waals surface area contributed by atoms with Gasteiger partial charge in [-0.1, -0.05) is 0 Å². The lowest BCUT2D eigenvalue weighted by molar-refractivity contribution is -0.137. The molecule has 19 heteroatoms. The molecule has 1 saturated carbocycles. The lowest BCUT2D eigenvalue weighted by Crippen LogP contribution is -2.57. The largest absolute Gasteiger partial charge is 0.404 e. The van der Waals surface area contributed by atoms with Crippen molar-refractivity contribution >= 4 is 52.2 Å². The van der Waals surface area contributed by atoms with Crippen LogP contribution in [-0.2, 0) is 27.5 Å². The van der Waals surface area contributed by atoms with Crippen LogP contribution in [0.1, 0.15) is 89.0 Å². The normalized spacial score (nSPS) is 23.6. The number of rotatable bonds is 10. The molecule has 0 spiro atoms.